The van der Waals surface area contributed by atoms with Gasteiger partial charge in [-0.3, -0.25) is 4.90 Å². The highest BCUT2D eigenvalue weighted by molar-refractivity contribution is 7.89. The maximum absolute atomic E-state index is 11.6. The highest BCUT2D eigenvalue weighted by Crippen LogP contribution is 2.18. The molecule has 0 fully saturated rings. The summed E-state index contributed by atoms with van der Waals surface area (Å²) in [6.45, 7) is 2.50. The van der Waals surface area contributed by atoms with Crippen LogP contribution < -0.4 is 5.14 Å². The van der Waals surface area contributed by atoms with Crippen molar-refractivity contribution in [3.8, 4) is 5.69 Å². The van der Waals surface area contributed by atoms with Gasteiger partial charge in [-0.2, -0.15) is 0 Å². The zero-order valence-corrected chi connectivity index (χ0v) is 17.9. The fraction of sp³-hybridized carbons (Fsp3) is 0.238. The van der Waals surface area contributed by atoms with E-state index in [0.717, 1.165) is 42.4 Å². The summed E-state index contributed by atoms with van der Waals surface area (Å²) >= 11 is 6.00. The maximum Gasteiger partial charge on any atom is 0.238 e. The molecule has 0 saturated heterocycles. The van der Waals surface area contributed by atoms with E-state index in [9.17, 15) is 8.42 Å². The molecule has 0 amide bonds. The second kappa shape index (κ2) is 8.69. The Hall–Kier alpha value is -2.52. The standard InChI is InChI=1S/C21H22ClN5O2S/c22-17-6-4-16(5-7-17)14-21-24-20(15-26-12-2-1-3-13-26)25-27(21)18-8-10-19(11-9-18)30(23,28)29/h1-2,4-11H,3,12-15H2,(H2,23,28,29). The van der Waals surface area contributed by atoms with Crippen LogP contribution in [0, 0.1) is 0 Å². The Morgan fingerprint density at radius 2 is 1.77 bits per heavy atom. The molecule has 0 bridgehead atoms. The summed E-state index contributed by atoms with van der Waals surface area (Å²) in [5.41, 5.74) is 1.78. The van der Waals surface area contributed by atoms with Gasteiger partial charge in [-0.1, -0.05) is 35.9 Å². The Labute approximate surface area is 180 Å². The zero-order valence-electron chi connectivity index (χ0n) is 16.3. The number of hydrogen-bond acceptors (Lipinski definition) is 5. The Balaban J connectivity index is 1.67. The molecule has 1 aliphatic rings. The Morgan fingerprint density at radius 3 is 2.40 bits per heavy atom. The second-order valence-electron chi connectivity index (χ2n) is 7.19. The lowest BCUT2D eigenvalue weighted by atomic mass is 10.1. The number of hydrogen-bond donors (Lipinski definition) is 1. The van der Waals surface area contributed by atoms with Crippen LogP contribution in [0.1, 0.15) is 23.6 Å². The van der Waals surface area contributed by atoms with Gasteiger partial charge in [-0.05, 0) is 48.4 Å². The van der Waals surface area contributed by atoms with Crippen molar-refractivity contribution < 1.29 is 8.42 Å². The lowest BCUT2D eigenvalue weighted by Crippen LogP contribution is -2.27. The van der Waals surface area contributed by atoms with Gasteiger partial charge >= 0.3 is 0 Å². The van der Waals surface area contributed by atoms with E-state index in [-0.39, 0.29) is 4.90 Å². The molecule has 1 aromatic heterocycles. The average Bonchev–Trinajstić information content (AvgIpc) is 3.12. The molecular formula is C21H22ClN5O2S. The summed E-state index contributed by atoms with van der Waals surface area (Å²) in [4.78, 5) is 7.13. The first kappa shape index (κ1) is 20.7. The van der Waals surface area contributed by atoms with E-state index >= 15 is 0 Å². The lowest BCUT2D eigenvalue weighted by Gasteiger charge is -2.20. The van der Waals surface area contributed by atoms with Crippen molar-refractivity contribution in [3.63, 3.8) is 0 Å². The van der Waals surface area contributed by atoms with Crippen molar-refractivity contribution in [1.82, 2.24) is 19.7 Å². The molecular weight excluding hydrogens is 422 g/mol. The van der Waals surface area contributed by atoms with Crippen molar-refractivity contribution >= 4 is 21.6 Å². The van der Waals surface area contributed by atoms with E-state index in [4.69, 9.17) is 26.8 Å². The number of halogens is 1. The summed E-state index contributed by atoms with van der Waals surface area (Å²) in [6.07, 6.45) is 5.93. The van der Waals surface area contributed by atoms with Crippen molar-refractivity contribution in [2.45, 2.75) is 24.3 Å². The van der Waals surface area contributed by atoms with Gasteiger partial charge in [0.15, 0.2) is 5.82 Å². The average molecular weight is 444 g/mol. The van der Waals surface area contributed by atoms with Gasteiger partial charge in [-0.25, -0.2) is 23.2 Å². The third-order valence-corrected chi connectivity index (χ3v) is 6.09. The number of aromatic nitrogens is 3. The van der Waals surface area contributed by atoms with E-state index in [0.29, 0.717) is 18.0 Å². The molecule has 2 aromatic carbocycles. The molecule has 0 radical (unpaired) electrons. The summed E-state index contributed by atoms with van der Waals surface area (Å²) in [5.74, 6) is 1.49. The quantitative estimate of drug-likeness (QED) is 0.591. The normalized spacial score (nSPS) is 14.9. The molecule has 30 heavy (non-hydrogen) atoms. The predicted octanol–water partition coefficient (Wildman–Crippen LogP) is 2.92. The first-order valence-electron chi connectivity index (χ1n) is 9.58. The van der Waals surface area contributed by atoms with Gasteiger partial charge in [0.25, 0.3) is 0 Å². The van der Waals surface area contributed by atoms with Crippen LogP contribution in [0.3, 0.4) is 0 Å². The molecule has 2 heterocycles. The number of primary sulfonamides is 1. The Bertz CT molecular complexity index is 1160. The number of nitrogens with two attached hydrogens (primary N) is 1. The number of nitrogens with zero attached hydrogens (tertiary/aromatic N) is 4. The predicted molar refractivity (Wildman–Crippen MR) is 116 cm³/mol. The Morgan fingerprint density at radius 1 is 1.03 bits per heavy atom. The van der Waals surface area contributed by atoms with Gasteiger partial charge in [-0.15, -0.1) is 5.10 Å². The highest BCUT2D eigenvalue weighted by atomic mass is 35.5. The molecule has 7 nitrogen and oxygen atoms in total. The number of rotatable bonds is 6. The van der Waals surface area contributed by atoms with Crippen LogP contribution in [0.15, 0.2) is 65.6 Å². The van der Waals surface area contributed by atoms with Crippen molar-refractivity contribution in [2.24, 2.45) is 5.14 Å². The molecule has 0 atom stereocenters. The molecule has 1 aliphatic heterocycles. The van der Waals surface area contributed by atoms with Crippen LogP contribution in [0.5, 0.6) is 0 Å². The molecule has 3 aromatic rings. The highest BCUT2D eigenvalue weighted by Gasteiger charge is 2.16. The zero-order chi connectivity index (χ0) is 21.1. The molecule has 0 aliphatic carbocycles. The van der Waals surface area contributed by atoms with Crippen LogP contribution in [0.4, 0.5) is 0 Å². The first-order valence-corrected chi connectivity index (χ1v) is 11.5. The Kier molecular flexibility index (Phi) is 6.01. The van der Waals surface area contributed by atoms with Crippen LogP contribution in [0.2, 0.25) is 5.02 Å². The summed E-state index contributed by atoms with van der Waals surface area (Å²) in [7, 11) is -3.75. The maximum atomic E-state index is 11.6. The molecule has 156 valence electrons. The van der Waals surface area contributed by atoms with Gasteiger partial charge in [0.2, 0.25) is 10.0 Å². The van der Waals surface area contributed by atoms with E-state index < -0.39 is 10.0 Å². The van der Waals surface area contributed by atoms with Crippen LogP contribution in [0.25, 0.3) is 5.69 Å². The minimum Gasteiger partial charge on any atom is -0.292 e. The van der Waals surface area contributed by atoms with E-state index in [2.05, 4.69) is 17.1 Å². The minimum absolute atomic E-state index is 0.0611. The molecule has 2 N–H and O–H groups in total. The third-order valence-electron chi connectivity index (χ3n) is 4.91. The van der Waals surface area contributed by atoms with Crippen molar-refractivity contribution in [1.29, 1.82) is 0 Å². The molecule has 0 unspecified atom stereocenters. The largest absolute Gasteiger partial charge is 0.292 e. The second-order valence-corrected chi connectivity index (χ2v) is 9.19. The van der Waals surface area contributed by atoms with Crippen LogP contribution >= 0.6 is 11.6 Å². The lowest BCUT2D eigenvalue weighted by molar-refractivity contribution is 0.283. The van der Waals surface area contributed by atoms with Gasteiger partial charge < -0.3 is 0 Å². The summed E-state index contributed by atoms with van der Waals surface area (Å²) in [5, 5.41) is 10.6. The first-order chi connectivity index (χ1) is 14.4. The smallest absolute Gasteiger partial charge is 0.238 e. The molecule has 4 rings (SSSR count). The van der Waals surface area contributed by atoms with Crippen molar-refractivity contribution in [3.05, 3.63) is 82.9 Å². The SMILES string of the molecule is NS(=O)(=O)c1ccc(-n2nc(CN3CC=CCC3)nc2Cc2ccc(Cl)cc2)cc1. The van der Waals surface area contributed by atoms with Crippen LogP contribution in [-0.2, 0) is 23.0 Å². The third kappa shape index (κ3) is 4.96. The number of benzene rings is 2. The van der Waals surface area contributed by atoms with Gasteiger partial charge in [0.1, 0.15) is 5.82 Å². The monoisotopic (exact) mass is 443 g/mol. The minimum atomic E-state index is -3.75. The fourth-order valence-electron chi connectivity index (χ4n) is 3.38. The fourth-order valence-corrected chi connectivity index (χ4v) is 4.02. The van der Waals surface area contributed by atoms with E-state index in [1.807, 2.05) is 24.3 Å². The molecule has 0 spiro atoms. The molecule has 9 heteroatoms. The topological polar surface area (TPSA) is 94.1 Å². The van der Waals surface area contributed by atoms with Gasteiger partial charge in [0.05, 0.1) is 17.1 Å². The van der Waals surface area contributed by atoms with E-state index in [1.54, 1.807) is 16.8 Å². The molecule has 0 saturated carbocycles. The number of sulfonamides is 1. The van der Waals surface area contributed by atoms with E-state index in [1.165, 1.54) is 12.1 Å². The van der Waals surface area contributed by atoms with Crippen LogP contribution in [-0.4, -0.2) is 41.2 Å². The summed E-state index contributed by atoms with van der Waals surface area (Å²) in [6, 6.07) is 13.9. The summed E-state index contributed by atoms with van der Waals surface area (Å²) < 4.78 is 24.9. The van der Waals surface area contributed by atoms with Gasteiger partial charge in [0, 0.05) is 24.5 Å². The van der Waals surface area contributed by atoms with Crippen molar-refractivity contribution in [2.75, 3.05) is 13.1 Å².